The van der Waals surface area contributed by atoms with Gasteiger partial charge in [-0.1, -0.05) is 22.6 Å². The lowest BCUT2D eigenvalue weighted by Crippen LogP contribution is -2.35. The van der Waals surface area contributed by atoms with Gasteiger partial charge < -0.3 is 0 Å². The molecule has 2 aliphatic rings. The molecule has 6 heteroatoms. The molecule has 1 aliphatic heterocycles. The molecule has 1 saturated carbocycles. The molecule has 0 amide bonds. The van der Waals surface area contributed by atoms with E-state index in [9.17, 15) is 8.42 Å². The van der Waals surface area contributed by atoms with Gasteiger partial charge in [0.15, 0.2) is 0 Å². The van der Waals surface area contributed by atoms with Crippen LogP contribution in [-0.4, -0.2) is 35.2 Å². The molecule has 2 rings (SSSR count). The highest BCUT2D eigenvalue weighted by Crippen LogP contribution is 2.49. The van der Waals surface area contributed by atoms with Gasteiger partial charge in [-0.2, -0.15) is 0 Å². The minimum Gasteiger partial charge on any atom is -0.288 e. The summed E-state index contributed by atoms with van der Waals surface area (Å²) in [6.07, 6.45) is 3.07. The molecule has 1 aliphatic carbocycles. The van der Waals surface area contributed by atoms with Crippen LogP contribution in [0.15, 0.2) is 0 Å². The van der Waals surface area contributed by atoms with Gasteiger partial charge in [-0.15, -0.1) is 0 Å². The smallest absolute Gasteiger partial charge is 0.213 e. The molecular formula is C7H13IN2O2S. The van der Waals surface area contributed by atoms with Gasteiger partial charge in [-0.05, 0) is 19.3 Å². The van der Waals surface area contributed by atoms with Crippen molar-refractivity contribution in [3.63, 3.8) is 0 Å². The van der Waals surface area contributed by atoms with E-state index in [4.69, 9.17) is 5.14 Å². The zero-order chi connectivity index (χ0) is 9.69. The van der Waals surface area contributed by atoms with Crippen molar-refractivity contribution < 1.29 is 8.42 Å². The van der Waals surface area contributed by atoms with Crippen molar-refractivity contribution in [2.75, 3.05) is 13.1 Å². The van der Waals surface area contributed by atoms with Crippen molar-refractivity contribution >= 4 is 32.6 Å². The van der Waals surface area contributed by atoms with Crippen LogP contribution in [0, 0.1) is 0 Å². The molecule has 0 aromatic carbocycles. The molecular weight excluding hydrogens is 303 g/mol. The second-order valence-corrected chi connectivity index (χ2v) is 7.72. The average molecular weight is 316 g/mol. The number of alkyl halides is 1. The van der Waals surface area contributed by atoms with Crippen molar-refractivity contribution in [1.82, 2.24) is 4.90 Å². The maximum atomic E-state index is 11.1. The quantitative estimate of drug-likeness (QED) is 0.452. The second-order valence-electron chi connectivity index (χ2n) is 3.86. The van der Waals surface area contributed by atoms with Crippen LogP contribution in [-0.2, 0) is 10.0 Å². The number of halogens is 1. The molecule has 0 radical (unpaired) electrons. The molecule has 1 atom stereocenters. The average Bonchev–Trinajstić information content (AvgIpc) is 2.60. The molecule has 76 valence electrons. The maximum Gasteiger partial charge on any atom is 0.213 e. The first-order valence-electron chi connectivity index (χ1n) is 4.37. The summed E-state index contributed by atoms with van der Waals surface area (Å²) in [4.78, 5) is 2.25. The Balaban J connectivity index is 2.02. The molecule has 1 saturated heterocycles. The van der Waals surface area contributed by atoms with Crippen LogP contribution in [0.5, 0.6) is 0 Å². The molecule has 0 spiro atoms. The first-order chi connectivity index (χ1) is 5.92. The summed E-state index contributed by atoms with van der Waals surface area (Å²) >= 11 is 2.42. The van der Waals surface area contributed by atoms with Crippen molar-refractivity contribution in [1.29, 1.82) is 0 Å². The molecule has 0 aromatic heterocycles. The van der Waals surface area contributed by atoms with Crippen molar-refractivity contribution in [3.05, 3.63) is 0 Å². The third-order valence-corrected chi connectivity index (χ3v) is 5.91. The highest BCUT2D eigenvalue weighted by Gasteiger charge is 2.49. The normalized spacial score (nSPS) is 33.5. The molecule has 0 bridgehead atoms. The van der Waals surface area contributed by atoms with E-state index >= 15 is 0 Å². The number of likely N-dealkylation sites (tertiary alicyclic amines) is 1. The van der Waals surface area contributed by atoms with Crippen LogP contribution in [0.2, 0.25) is 0 Å². The molecule has 0 aromatic rings. The fraction of sp³-hybridized carbons (Fsp3) is 1.00. The number of sulfonamides is 1. The minimum atomic E-state index is -3.31. The van der Waals surface area contributed by atoms with Crippen LogP contribution in [0.1, 0.15) is 19.3 Å². The Morgan fingerprint density at radius 1 is 1.46 bits per heavy atom. The van der Waals surface area contributed by atoms with Crippen molar-refractivity contribution in [3.8, 4) is 0 Å². The molecule has 1 unspecified atom stereocenters. The molecule has 1 heterocycles. The third kappa shape index (κ3) is 2.00. The lowest BCUT2D eigenvalue weighted by molar-refractivity contribution is 0.316. The van der Waals surface area contributed by atoms with Crippen molar-refractivity contribution in [2.45, 2.75) is 28.1 Å². The van der Waals surface area contributed by atoms with Gasteiger partial charge in [0.25, 0.3) is 0 Å². The van der Waals surface area contributed by atoms with Crippen LogP contribution >= 0.6 is 22.6 Å². The van der Waals surface area contributed by atoms with Crippen LogP contribution in [0.25, 0.3) is 0 Å². The van der Waals surface area contributed by atoms with Gasteiger partial charge in [-0.3, -0.25) is 4.90 Å². The summed E-state index contributed by atoms with van der Waals surface area (Å²) in [5.41, 5.74) is 0. The van der Waals surface area contributed by atoms with E-state index < -0.39 is 10.0 Å². The van der Waals surface area contributed by atoms with Crippen molar-refractivity contribution in [2.24, 2.45) is 5.14 Å². The monoisotopic (exact) mass is 316 g/mol. The summed E-state index contributed by atoms with van der Waals surface area (Å²) in [5.74, 6) is 0. The highest BCUT2D eigenvalue weighted by atomic mass is 127. The topological polar surface area (TPSA) is 63.4 Å². The van der Waals surface area contributed by atoms with E-state index in [2.05, 4.69) is 27.5 Å². The Hall–Kier alpha value is 0.600. The van der Waals surface area contributed by atoms with E-state index in [-0.39, 0.29) is 8.80 Å². The minimum absolute atomic E-state index is 0.261. The summed E-state index contributed by atoms with van der Waals surface area (Å²) < 4.78 is 22.4. The largest absolute Gasteiger partial charge is 0.288 e. The van der Waals surface area contributed by atoms with E-state index in [1.807, 2.05) is 0 Å². The van der Waals surface area contributed by atoms with Gasteiger partial charge in [0, 0.05) is 13.1 Å². The Labute approximate surface area is 92.0 Å². The zero-order valence-electron chi connectivity index (χ0n) is 7.24. The van der Waals surface area contributed by atoms with E-state index in [1.54, 1.807) is 0 Å². The van der Waals surface area contributed by atoms with Gasteiger partial charge in [0.2, 0.25) is 10.0 Å². The number of nitrogens with two attached hydrogens (primary N) is 1. The zero-order valence-corrected chi connectivity index (χ0v) is 10.2. The van der Waals surface area contributed by atoms with Crippen LogP contribution in [0.3, 0.4) is 0 Å². The van der Waals surface area contributed by atoms with E-state index in [0.717, 1.165) is 6.54 Å². The predicted molar refractivity (Wildman–Crippen MR) is 59.1 cm³/mol. The summed E-state index contributed by atoms with van der Waals surface area (Å²) in [6.45, 7) is 1.51. The molecule has 2 N–H and O–H groups in total. The van der Waals surface area contributed by atoms with Gasteiger partial charge in [0.05, 0.1) is 8.80 Å². The summed E-state index contributed by atoms with van der Waals surface area (Å²) in [5, 5.41) is 4.78. The molecule has 2 fully saturated rings. The highest BCUT2D eigenvalue weighted by molar-refractivity contribution is 14.1. The van der Waals surface area contributed by atoms with E-state index in [1.165, 1.54) is 12.8 Å². The Bertz CT molecular complexity index is 312. The second kappa shape index (κ2) is 3.04. The Kier molecular flexibility index (Phi) is 2.37. The van der Waals surface area contributed by atoms with Crippen LogP contribution in [0.4, 0.5) is 0 Å². The first-order valence-corrected chi connectivity index (χ1v) is 7.06. The van der Waals surface area contributed by atoms with Gasteiger partial charge in [0.1, 0.15) is 0 Å². The van der Waals surface area contributed by atoms with E-state index in [0.29, 0.717) is 13.0 Å². The third-order valence-electron chi connectivity index (χ3n) is 2.84. The molecule has 13 heavy (non-hydrogen) atoms. The fourth-order valence-corrected chi connectivity index (χ4v) is 3.31. The number of nitrogens with zero attached hydrogens (tertiary/aromatic N) is 1. The Morgan fingerprint density at radius 2 is 2.08 bits per heavy atom. The summed E-state index contributed by atoms with van der Waals surface area (Å²) in [6, 6.07) is 0. The number of hydrogen-bond donors (Lipinski definition) is 1. The fourth-order valence-electron chi connectivity index (χ4n) is 1.78. The molecule has 4 nitrogen and oxygen atoms in total. The Morgan fingerprint density at radius 3 is 2.46 bits per heavy atom. The van der Waals surface area contributed by atoms with Gasteiger partial charge in [-0.25, -0.2) is 13.6 Å². The lowest BCUT2D eigenvalue weighted by atomic mass is 10.4. The lowest BCUT2D eigenvalue weighted by Gasteiger charge is -2.21. The predicted octanol–water partition coefficient (Wildman–Crippen LogP) is 0.274. The van der Waals surface area contributed by atoms with Gasteiger partial charge >= 0.3 is 0 Å². The first kappa shape index (κ1) is 10.1. The van der Waals surface area contributed by atoms with Crippen LogP contribution < -0.4 is 5.14 Å². The maximum absolute atomic E-state index is 11.1. The SMILES string of the molecule is NS(=O)(=O)C1CCN(C2(I)CC2)C1. The summed E-state index contributed by atoms with van der Waals surface area (Å²) in [7, 11) is -3.31. The number of primary sulfonamides is 1. The number of hydrogen-bond acceptors (Lipinski definition) is 3. The standard InChI is InChI=1S/C7H13IN2O2S/c8-7(2-3-7)10-4-1-6(5-10)13(9,11)12/h6H,1-5H2,(H2,9,11,12). The number of rotatable bonds is 2.